The zero-order valence-corrected chi connectivity index (χ0v) is 18.0. The van der Waals surface area contributed by atoms with Crippen molar-refractivity contribution in [3.63, 3.8) is 0 Å². The zero-order valence-electron chi connectivity index (χ0n) is 18.0. The summed E-state index contributed by atoms with van der Waals surface area (Å²) in [6.07, 6.45) is 3.92. The monoisotopic (exact) mass is 417 g/mol. The van der Waals surface area contributed by atoms with Gasteiger partial charge in [0.25, 0.3) is 5.91 Å². The lowest BCUT2D eigenvalue weighted by Gasteiger charge is -2.36. The first kappa shape index (κ1) is 22.1. The highest BCUT2D eigenvalue weighted by Gasteiger charge is 2.41. The van der Waals surface area contributed by atoms with Crippen LogP contribution in [0, 0.1) is 17.8 Å². The number of nitrogens with zero attached hydrogens (tertiary/aromatic N) is 1. The van der Waals surface area contributed by atoms with Crippen molar-refractivity contribution in [3.8, 4) is 11.5 Å². The SMILES string of the molecule is CCN(Cc1ccc(OC)c(OC)c1)C(=O)COC(=O)C1CC2CCCC(C1)C2=O. The maximum atomic E-state index is 12.6. The summed E-state index contributed by atoms with van der Waals surface area (Å²) in [5.74, 6) is 0.649. The molecule has 2 aliphatic rings. The van der Waals surface area contributed by atoms with Gasteiger partial charge in [0.2, 0.25) is 0 Å². The normalized spacial score (nSPS) is 22.9. The Bertz CT molecular complexity index is 776. The van der Waals surface area contributed by atoms with E-state index in [9.17, 15) is 14.4 Å². The van der Waals surface area contributed by atoms with Crippen LogP contribution in [0.4, 0.5) is 0 Å². The number of Topliss-reactive ketones (excluding diaryl/α,β-unsaturated/α-hetero) is 1. The van der Waals surface area contributed by atoms with E-state index in [1.54, 1.807) is 25.2 Å². The van der Waals surface area contributed by atoms with Gasteiger partial charge in [-0.25, -0.2) is 0 Å². The highest BCUT2D eigenvalue weighted by Crippen LogP contribution is 2.40. The van der Waals surface area contributed by atoms with Gasteiger partial charge < -0.3 is 19.1 Å². The molecule has 0 aromatic heterocycles. The summed E-state index contributed by atoms with van der Waals surface area (Å²) in [7, 11) is 3.14. The molecule has 0 N–H and O–H groups in total. The number of carbonyl (C=O) groups is 3. The average molecular weight is 418 g/mol. The van der Waals surface area contributed by atoms with Gasteiger partial charge in [-0.2, -0.15) is 0 Å². The number of hydrogen-bond donors (Lipinski definition) is 0. The summed E-state index contributed by atoms with van der Waals surface area (Å²) in [5.41, 5.74) is 0.896. The van der Waals surface area contributed by atoms with E-state index in [1.807, 2.05) is 19.1 Å². The number of ether oxygens (including phenoxy) is 3. The van der Waals surface area contributed by atoms with Gasteiger partial charge in [-0.15, -0.1) is 0 Å². The maximum Gasteiger partial charge on any atom is 0.309 e. The molecule has 3 rings (SSSR count). The lowest BCUT2D eigenvalue weighted by Crippen LogP contribution is -2.40. The van der Waals surface area contributed by atoms with Gasteiger partial charge in [-0.3, -0.25) is 14.4 Å². The number of carbonyl (C=O) groups excluding carboxylic acids is 3. The highest BCUT2D eigenvalue weighted by atomic mass is 16.5. The Balaban J connectivity index is 1.54. The molecule has 2 atom stereocenters. The Morgan fingerprint density at radius 3 is 2.33 bits per heavy atom. The topological polar surface area (TPSA) is 82.1 Å². The second kappa shape index (κ2) is 9.96. The molecule has 0 saturated heterocycles. The van der Waals surface area contributed by atoms with Crippen LogP contribution in [0.3, 0.4) is 0 Å². The van der Waals surface area contributed by atoms with Crippen LogP contribution in [0.1, 0.15) is 44.6 Å². The summed E-state index contributed by atoms with van der Waals surface area (Å²) in [6, 6.07) is 5.51. The van der Waals surface area contributed by atoms with Crippen LogP contribution in [0.25, 0.3) is 0 Å². The second-order valence-electron chi connectivity index (χ2n) is 8.10. The third kappa shape index (κ3) is 4.94. The standard InChI is InChI=1S/C23H31NO6/c1-4-24(13-15-8-9-19(28-2)20(10-15)29-3)21(25)14-30-23(27)18-11-16-6-5-7-17(12-18)22(16)26/h8-10,16-18H,4-7,11-14H2,1-3H3. The van der Waals surface area contributed by atoms with Crippen LogP contribution in [0.5, 0.6) is 11.5 Å². The number of hydrogen-bond acceptors (Lipinski definition) is 6. The first-order valence-electron chi connectivity index (χ1n) is 10.7. The molecular formula is C23H31NO6. The Hall–Kier alpha value is -2.57. The van der Waals surface area contributed by atoms with Crippen molar-refractivity contribution < 1.29 is 28.6 Å². The predicted molar refractivity (Wildman–Crippen MR) is 110 cm³/mol. The van der Waals surface area contributed by atoms with Crippen molar-refractivity contribution in [2.24, 2.45) is 17.8 Å². The molecule has 2 saturated carbocycles. The molecular weight excluding hydrogens is 386 g/mol. The number of fused-ring (bicyclic) bond motifs is 2. The summed E-state index contributed by atoms with van der Waals surface area (Å²) < 4.78 is 15.9. The molecule has 2 aliphatic carbocycles. The van der Waals surface area contributed by atoms with Gasteiger partial charge in [-0.1, -0.05) is 12.5 Å². The van der Waals surface area contributed by atoms with E-state index >= 15 is 0 Å². The van der Waals surface area contributed by atoms with Crippen molar-refractivity contribution in [2.75, 3.05) is 27.4 Å². The van der Waals surface area contributed by atoms with Crippen LogP contribution in [-0.2, 0) is 25.7 Å². The molecule has 0 spiro atoms. The molecule has 0 aliphatic heterocycles. The van der Waals surface area contributed by atoms with Crippen molar-refractivity contribution in [1.29, 1.82) is 0 Å². The molecule has 1 amide bonds. The Morgan fingerprint density at radius 1 is 1.07 bits per heavy atom. The van der Waals surface area contributed by atoms with Gasteiger partial charge in [0.1, 0.15) is 5.78 Å². The third-order valence-corrected chi connectivity index (χ3v) is 6.28. The van der Waals surface area contributed by atoms with Gasteiger partial charge in [0.15, 0.2) is 18.1 Å². The summed E-state index contributed by atoms with van der Waals surface area (Å²) >= 11 is 0. The number of methoxy groups -OCH3 is 2. The molecule has 2 unspecified atom stereocenters. The van der Waals surface area contributed by atoms with Gasteiger partial charge in [0, 0.05) is 24.9 Å². The number of amides is 1. The lowest BCUT2D eigenvalue weighted by molar-refractivity contribution is -0.159. The average Bonchev–Trinajstić information content (AvgIpc) is 2.75. The minimum Gasteiger partial charge on any atom is -0.493 e. The Labute approximate surface area is 177 Å². The fourth-order valence-electron chi connectivity index (χ4n) is 4.59. The molecule has 1 aromatic rings. The van der Waals surface area contributed by atoms with E-state index in [1.165, 1.54) is 0 Å². The van der Waals surface area contributed by atoms with E-state index in [0.717, 1.165) is 24.8 Å². The molecule has 0 heterocycles. The Kier molecular flexibility index (Phi) is 7.34. The largest absolute Gasteiger partial charge is 0.493 e. The van der Waals surface area contributed by atoms with Crippen LogP contribution < -0.4 is 9.47 Å². The quantitative estimate of drug-likeness (QED) is 0.605. The molecule has 7 nitrogen and oxygen atoms in total. The molecule has 164 valence electrons. The zero-order chi connectivity index (χ0) is 21.7. The van der Waals surface area contributed by atoms with E-state index in [2.05, 4.69) is 0 Å². The molecule has 2 fully saturated rings. The van der Waals surface area contributed by atoms with Crippen molar-refractivity contribution >= 4 is 17.7 Å². The molecule has 7 heteroatoms. The third-order valence-electron chi connectivity index (χ3n) is 6.28. The van der Waals surface area contributed by atoms with Crippen LogP contribution in [0.15, 0.2) is 18.2 Å². The fraction of sp³-hybridized carbons (Fsp3) is 0.609. The van der Waals surface area contributed by atoms with E-state index in [0.29, 0.717) is 43.2 Å². The second-order valence-corrected chi connectivity index (χ2v) is 8.10. The van der Waals surface area contributed by atoms with Gasteiger partial charge in [0.05, 0.1) is 20.1 Å². The van der Waals surface area contributed by atoms with Crippen molar-refractivity contribution in [3.05, 3.63) is 23.8 Å². The van der Waals surface area contributed by atoms with Gasteiger partial charge in [-0.05, 0) is 50.3 Å². The number of esters is 1. The summed E-state index contributed by atoms with van der Waals surface area (Å²) in [6.45, 7) is 2.48. The predicted octanol–water partition coefficient (Wildman–Crippen LogP) is 2.99. The maximum absolute atomic E-state index is 12.6. The van der Waals surface area contributed by atoms with Crippen molar-refractivity contribution in [1.82, 2.24) is 4.90 Å². The number of rotatable bonds is 8. The van der Waals surface area contributed by atoms with Gasteiger partial charge >= 0.3 is 5.97 Å². The molecule has 2 bridgehead atoms. The number of ketones is 1. The Morgan fingerprint density at radius 2 is 1.73 bits per heavy atom. The van der Waals surface area contributed by atoms with Crippen LogP contribution in [-0.4, -0.2) is 49.9 Å². The highest BCUT2D eigenvalue weighted by molar-refractivity contribution is 5.88. The smallest absolute Gasteiger partial charge is 0.309 e. The van der Waals surface area contributed by atoms with E-state index < -0.39 is 0 Å². The molecule has 1 aromatic carbocycles. The van der Waals surface area contributed by atoms with Crippen LogP contribution in [0.2, 0.25) is 0 Å². The minimum atomic E-state index is -0.352. The summed E-state index contributed by atoms with van der Waals surface area (Å²) in [5, 5.41) is 0. The number of benzene rings is 1. The minimum absolute atomic E-state index is 0.0112. The van der Waals surface area contributed by atoms with Crippen molar-refractivity contribution in [2.45, 2.75) is 45.6 Å². The molecule has 0 radical (unpaired) electrons. The molecule has 30 heavy (non-hydrogen) atoms. The van der Waals surface area contributed by atoms with E-state index in [-0.39, 0.29) is 36.2 Å². The lowest BCUT2D eigenvalue weighted by atomic mass is 9.67. The summed E-state index contributed by atoms with van der Waals surface area (Å²) in [4.78, 5) is 39.0. The fourth-order valence-corrected chi connectivity index (χ4v) is 4.59. The van der Waals surface area contributed by atoms with E-state index in [4.69, 9.17) is 14.2 Å². The first-order valence-corrected chi connectivity index (χ1v) is 10.7. The van der Waals surface area contributed by atoms with Crippen LogP contribution >= 0.6 is 0 Å². The first-order chi connectivity index (χ1) is 14.5. The number of likely N-dealkylation sites (N-methyl/N-ethyl adjacent to an activating group) is 1.